The summed E-state index contributed by atoms with van der Waals surface area (Å²) < 4.78 is 55.1. The molecule has 39 heteroatoms. The molecule has 4 saturated heterocycles. The van der Waals surface area contributed by atoms with Gasteiger partial charge >= 0.3 is 12.1 Å². The minimum atomic E-state index is -2.49. The SMILES string of the molecule is CO[C@H]1C[C@@H]2CC[C@@H](C)[C@@](O)(O2)C(=O)C(=O)N2CCCC[C@H]2C(=O)O[C@H]([C@H](C)C[C@@H]2CCC(OC(=O)NCCOCCC(=O)NCc3cnc(N4CCN(C(=O)CCOCCN5CCN(c6ncc(C(=O)N7CCc8cc(Cn9nc(-c%10ccc%11oc(N)nc%11c%10)c%10c(N)ncnc%109)ccc8C7)cn6)CC5)CC4)nc3)[C@H](OC)C2)C[C@@H](O)C(C)/C=C(\C)[C@@H](O)[C@@H](OC)C(=O)[C@H](C)C[C@H](C)/C=C/C=C/C=C/1C. The highest BCUT2D eigenvalue weighted by atomic mass is 16.6. The third kappa shape index (κ3) is 27.0. The van der Waals surface area contributed by atoms with Crippen LogP contribution >= 0.6 is 0 Å². The Morgan fingerprint density at radius 3 is 2.18 bits per heavy atom. The van der Waals surface area contributed by atoms with E-state index in [0.717, 1.165) is 40.9 Å². The average Bonchev–Trinajstić information content (AvgIpc) is 1.62. The zero-order chi connectivity index (χ0) is 100. The summed E-state index contributed by atoms with van der Waals surface area (Å²) in [6.07, 6.45) is 17.5. The van der Waals surface area contributed by atoms with Crippen LogP contribution in [-0.2, 0) is 92.7 Å². The molecule has 5 aromatic heterocycles. The second-order valence-electron chi connectivity index (χ2n) is 38.7. The number of ether oxygens (including phenoxy) is 8. The number of amides is 5. The highest BCUT2D eigenvalue weighted by molar-refractivity contribution is 6.39. The number of benzene rings is 2. The van der Waals surface area contributed by atoms with Gasteiger partial charge in [-0.1, -0.05) is 89.3 Å². The highest BCUT2D eigenvalue weighted by Gasteiger charge is 2.54. The molecular weight excluding hydrogens is 1810 g/mol. The molecular formula is C102H139N19O20. The molecule has 14 rings (SSSR count). The summed E-state index contributed by atoms with van der Waals surface area (Å²) in [4.78, 5) is 154. The van der Waals surface area contributed by atoms with Crippen molar-refractivity contribution in [2.24, 2.45) is 35.5 Å². The molecule has 1 aliphatic carbocycles. The van der Waals surface area contributed by atoms with E-state index < -0.39 is 108 Å². The summed E-state index contributed by atoms with van der Waals surface area (Å²) in [5.41, 5.74) is 21.0. The van der Waals surface area contributed by atoms with E-state index in [-0.39, 0.29) is 106 Å². The first-order valence-electron chi connectivity index (χ1n) is 49.6. The maximum Gasteiger partial charge on any atom is 0.407 e. The Labute approximate surface area is 822 Å². The van der Waals surface area contributed by atoms with E-state index in [2.05, 4.69) is 73.5 Å². The average molecular weight is 1950 g/mol. The number of nitrogen functional groups attached to an aromatic ring is 2. The quantitative estimate of drug-likeness (QED) is 0.0110. The molecule has 9 N–H and O–H groups in total. The van der Waals surface area contributed by atoms with Crippen LogP contribution in [0.15, 0.2) is 120 Å². The van der Waals surface area contributed by atoms with Gasteiger partial charge in [0.25, 0.3) is 23.6 Å². The number of piperidine rings is 1. The topological polar surface area (TPSA) is 488 Å². The molecule has 11 heterocycles. The fourth-order valence-electron chi connectivity index (χ4n) is 20.1. The predicted octanol–water partition coefficient (Wildman–Crippen LogP) is 8.25. The molecule has 2 bridgehead atoms. The van der Waals surface area contributed by atoms with Crippen LogP contribution < -0.4 is 31.9 Å². The van der Waals surface area contributed by atoms with Crippen molar-refractivity contribution in [3.05, 3.63) is 143 Å². The zero-order valence-electron chi connectivity index (χ0n) is 82.7. The van der Waals surface area contributed by atoms with Crippen LogP contribution in [0.1, 0.15) is 171 Å². The van der Waals surface area contributed by atoms with Crippen molar-refractivity contribution in [2.75, 3.05) is 148 Å². The lowest BCUT2D eigenvalue weighted by molar-refractivity contribution is -0.265. The molecule has 6 aliphatic heterocycles. The molecule has 39 nitrogen and oxygen atoms in total. The molecule has 7 aromatic rings. The van der Waals surface area contributed by atoms with Crippen molar-refractivity contribution in [3.63, 3.8) is 0 Å². The summed E-state index contributed by atoms with van der Waals surface area (Å²) >= 11 is 0. The lowest BCUT2D eigenvalue weighted by atomic mass is 9.78. The van der Waals surface area contributed by atoms with Crippen LogP contribution in [-0.4, -0.2) is 314 Å². The van der Waals surface area contributed by atoms with E-state index in [1.807, 2.05) is 89.6 Å². The number of nitrogens with two attached hydrogens (primary N) is 2. The van der Waals surface area contributed by atoms with E-state index in [9.17, 15) is 53.7 Å². The largest absolute Gasteiger partial charge is 0.460 e. The minimum absolute atomic E-state index is 0.0169. The lowest BCUT2D eigenvalue weighted by Crippen LogP contribution is -2.61. The Morgan fingerprint density at radius 2 is 1.43 bits per heavy atom. The van der Waals surface area contributed by atoms with Gasteiger partial charge in [-0.25, -0.2) is 44.2 Å². The minimum Gasteiger partial charge on any atom is -0.460 e. The molecule has 0 spiro atoms. The Balaban J connectivity index is 0.462. The number of rotatable bonds is 27. The Bertz CT molecular complexity index is 5580. The monoisotopic (exact) mass is 1950 g/mol. The Morgan fingerprint density at radius 1 is 0.695 bits per heavy atom. The van der Waals surface area contributed by atoms with Crippen molar-refractivity contribution < 1.29 is 96.0 Å². The molecule has 5 amide bonds. The number of anilines is 4. The van der Waals surface area contributed by atoms with E-state index >= 15 is 0 Å². The third-order valence-corrected chi connectivity index (χ3v) is 28.7. The number of aliphatic hydroxyl groups excluding tert-OH is 2. The number of alkyl carbamates (subject to hydrolysis) is 1. The number of methoxy groups -OCH3 is 3. The molecule has 2 aromatic carbocycles. The summed E-state index contributed by atoms with van der Waals surface area (Å²) in [5, 5.41) is 47.2. The second kappa shape index (κ2) is 49.4. The molecule has 1 saturated carbocycles. The Hall–Kier alpha value is -11.7. The van der Waals surface area contributed by atoms with Crippen LogP contribution in [0.4, 0.5) is 28.5 Å². The van der Waals surface area contributed by atoms with Gasteiger partial charge in [0.05, 0.1) is 74.8 Å². The number of nitrogens with zero attached hydrogens (tertiary/aromatic N) is 15. The summed E-state index contributed by atoms with van der Waals surface area (Å²) in [6.45, 7) is 21.3. The second-order valence-corrected chi connectivity index (χ2v) is 38.7. The maximum absolute atomic E-state index is 14.8. The summed E-state index contributed by atoms with van der Waals surface area (Å²) in [5.74, 6) is -7.01. The number of fused-ring (bicyclic) bond motifs is 6. The van der Waals surface area contributed by atoms with Crippen LogP contribution in [0.25, 0.3) is 33.4 Å². The van der Waals surface area contributed by atoms with Crippen molar-refractivity contribution in [3.8, 4) is 11.3 Å². The van der Waals surface area contributed by atoms with Crippen molar-refractivity contribution in [1.82, 2.24) is 74.9 Å². The van der Waals surface area contributed by atoms with E-state index in [4.69, 9.17) is 58.9 Å². The van der Waals surface area contributed by atoms with Crippen LogP contribution in [0.5, 0.6) is 0 Å². The molecule has 141 heavy (non-hydrogen) atoms. The van der Waals surface area contributed by atoms with E-state index in [1.165, 1.54) is 18.3 Å². The van der Waals surface area contributed by atoms with Crippen LogP contribution in [0.3, 0.4) is 0 Å². The normalized spacial score (nSPS) is 27.4. The Kier molecular flexibility index (Phi) is 36.8. The first-order chi connectivity index (χ1) is 67.9. The van der Waals surface area contributed by atoms with Gasteiger partial charge < -0.3 is 104 Å². The van der Waals surface area contributed by atoms with Gasteiger partial charge in [0.2, 0.25) is 29.5 Å². The van der Waals surface area contributed by atoms with Gasteiger partial charge in [0, 0.05) is 186 Å². The number of allylic oxidation sites excluding steroid dienone is 5. The number of aliphatic hydroxyl groups is 3. The standard InChI is InChI=1S/C102H139N19O20/c1-62-16-12-11-13-17-63(2)82(133-8)52-76-24-19-68(7)102(132,141-76)92(127)96(129)120-31-15-14-18-78(120)97(130)138-83(53-79(122)64(3)47-67(6)90(126)91(135-10)89(125)66(5)46-62)65(4)48-69-21-25-81(84(50-69)134-9)140-101(131)105-30-44-136-42-28-85(123)106-54-71-55-107-99(108-56-71)118-39-37-116(38-40-118)86(124)29-43-137-45-41-115-33-35-117(36-34-115)100-109-57-75(58-110-100)95(128)119-32-27-72-49-70(20-22-74(72)60-119)59-121-94-87(93(103)111-61-112-94)88(114-121)73-23-26-80-77(51-73)113-98(104)139-80/h11-13,16-17,20,22-23,26,47,49,51,55-58,61-62,64-66,68-69,76,78-79,81-84,90-91,122,126,132H,14-15,18-19,21,24-25,27-46,48,50,52-54,59-60H2,1-10H3,(H2,104,113)(H,105,131)(H,106,123)(H2,103,111,112)/b13-11+,16-12+,63-17+,67-47+/t62-,64?,65-,66-,68-,69+,76+,78+,79-,81?,82+,83+,84-,90-,91+,102-/m1/s1. The first-order valence-corrected chi connectivity index (χ1v) is 49.6. The lowest BCUT2D eigenvalue weighted by Gasteiger charge is -2.43. The van der Waals surface area contributed by atoms with Gasteiger partial charge in [-0.2, -0.15) is 10.1 Å². The number of esters is 1. The number of Topliss-reactive ketones (excluding diaryl/α,β-unsaturated/α-hetero) is 2. The van der Waals surface area contributed by atoms with Gasteiger partial charge in [-0.15, -0.1) is 0 Å². The fourth-order valence-corrected chi connectivity index (χ4v) is 20.1. The smallest absolute Gasteiger partial charge is 0.407 e. The van der Waals surface area contributed by atoms with Crippen molar-refractivity contribution >= 4 is 93.1 Å². The van der Waals surface area contributed by atoms with Gasteiger partial charge in [0.1, 0.15) is 53.8 Å². The molecule has 7 aliphatic rings. The number of piperazine rings is 2. The van der Waals surface area contributed by atoms with Crippen LogP contribution in [0.2, 0.25) is 0 Å². The molecule has 762 valence electrons. The number of ketones is 2. The number of carbonyl (C=O) groups excluding carboxylic acids is 8. The maximum atomic E-state index is 14.8. The van der Waals surface area contributed by atoms with E-state index in [1.54, 1.807) is 71.9 Å². The number of oxazole rings is 1. The van der Waals surface area contributed by atoms with Gasteiger partial charge in [0.15, 0.2) is 17.0 Å². The summed E-state index contributed by atoms with van der Waals surface area (Å²) in [7, 11) is 4.50. The number of cyclic esters (lactones) is 1. The summed E-state index contributed by atoms with van der Waals surface area (Å²) in [6, 6.07) is 10.7. The number of nitrogens with one attached hydrogen (secondary N) is 2. The molecule has 16 atom stereocenters. The third-order valence-electron chi connectivity index (χ3n) is 28.7. The van der Waals surface area contributed by atoms with E-state index in [0.29, 0.717) is 205 Å². The van der Waals surface area contributed by atoms with Gasteiger partial charge in [-0.05, 0) is 148 Å². The highest BCUT2D eigenvalue weighted by Crippen LogP contribution is 2.41. The predicted molar refractivity (Wildman–Crippen MR) is 524 cm³/mol. The number of hydrogen-bond donors (Lipinski definition) is 7. The molecule has 2 unspecified atom stereocenters. The van der Waals surface area contributed by atoms with Gasteiger partial charge in [-0.3, -0.25) is 33.7 Å². The van der Waals surface area contributed by atoms with Crippen LogP contribution in [0, 0.1) is 35.5 Å². The molecule has 0 radical (unpaired) electrons. The number of carbonyl (C=O) groups is 8. The number of hydrogen-bond acceptors (Lipinski definition) is 33. The van der Waals surface area contributed by atoms with Crippen molar-refractivity contribution in [1.29, 1.82) is 0 Å². The zero-order valence-corrected chi connectivity index (χ0v) is 82.7. The molecule has 5 fully saturated rings. The number of aromatic nitrogens is 9. The first kappa shape index (κ1) is 105. The fraction of sp³-hybridized carbons (Fsp3) is 0.588. The van der Waals surface area contributed by atoms with Crippen molar-refractivity contribution in [2.45, 2.75) is 225 Å².